The van der Waals surface area contributed by atoms with E-state index in [0.717, 1.165) is 27.1 Å². The number of aryl methyl sites for hydroxylation is 2. The number of aromatic nitrogens is 2. The minimum atomic E-state index is 0.0388. The Morgan fingerprint density at radius 1 is 1.31 bits per heavy atom. The minimum absolute atomic E-state index is 0.0388. The summed E-state index contributed by atoms with van der Waals surface area (Å²) >= 11 is 1.50. The molecule has 0 aliphatic heterocycles. The Morgan fingerprint density at radius 2 is 2.12 bits per heavy atom. The fraction of sp³-hybridized carbons (Fsp3) is 0.167. The van der Waals surface area contributed by atoms with Gasteiger partial charge in [0.2, 0.25) is 0 Å². The predicted molar refractivity (Wildman–Crippen MR) is 66.3 cm³/mol. The van der Waals surface area contributed by atoms with Gasteiger partial charge in [-0.15, -0.1) is 11.3 Å². The molecule has 0 fully saturated rings. The second kappa shape index (κ2) is 3.15. The molecule has 80 valence electrons. The van der Waals surface area contributed by atoms with Gasteiger partial charge in [-0.1, -0.05) is 12.1 Å². The fourth-order valence-electron chi connectivity index (χ4n) is 1.96. The molecule has 0 spiro atoms. The number of benzene rings is 1. The Labute approximate surface area is 96.0 Å². The van der Waals surface area contributed by atoms with Crippen molar-refractivity contribution >= 4 is 27.2 Å². The number of nitrogens with zero attached hydrogens (tertiary/aromatic N) is 2. The number of hydrogen-bond acceptors (Lipinski definition) is 3. The Bertz CT molecular complexity index is 755. The molecule has 0 radical (unpaired) electrons. The van der Waals surface area contributed by atoms with Gasteiger partial charge in [0.05, 0.1) is 10.9 Å². The molecule has 2 aromatic heterocycles. The normalized spacial score (nSPS) is 11.4. The van der Waals surface area contributed by atoms with Gasteiger partial charge in [0.15, 0.2) is 4.96 Å². The molecule has 4 heteroatoms. The number of hydrogen-bond donors (Lipinski definition) is 0. The second-order valence-corrected chi connectivity index (χ2v) is 4.72. The third-order valence-electron chi connectivity index (χ3n) is 2.76. The summed E-state index contributed by atoms with van der Waals surface area (Å²) in [5, 5.41) is 2.68. The maximum Gasteiger partial charge on any atom is 0.266 e. The maximum atomic E-state index is 12.3. The highest BCUT2D eigenvalue weighted by atomic mass is 32.1. The Hall–Kier alpha value is -1.68. The summed E-state index contributed by atoms with van der Waals surface area (Å²) in [5.74, 6) is 0. The first-order valence-corrected chi connectivity index (χ1v) is 5.92. The Balaban J connectivity index is 2.70. The Morgan fingerprint density at radius 3 is 2.94 bits per heavy atom. The van der Waals surface area contributed by atoms with Crippen molar-refractivity contribution in [3.05, 3.63) is 45.2 Å². The standard InChI is InChI=1S/C12H10N2OS/c1-7-4-3-5-9-10(7)11(15)14-8(2)6-16-12(14)13-9/h3-6H,1-2H3. The van der Waals surface area contributed by atoms with Crippen LogP contribution in [-0.2, 0) is 0 Å². The van der Waals surface area contributed by atoms with Gasteiger partial charge < -0.3 is 0 Å². The van der Waals surface area contributed by atoms with Gasteiger partial charge >= 0.3 is 0 Å². The van der Waals surface area contributed by atoms with E-state index in [4.69, 9.17) is 0 Å². The van der Waals surface area contributed by atoms with Gasteiger partial charge in [0, 0.05) is 11.1 Å². The van der Waals surface area contributed by atoms with Crippen LogP contribution < -0.4 is 5.56 Å². The number of fused-ring (bicyclic) bond motifs is 2. The molecule has 0 saturated carbocycles. The van der Waals surface area contributed by atoms with Crippen LogP contribution in [0.2, 0.25) is 0 Å². The fourth-order valence-corrected chi connectivity index (χ4v) is 2.82. The lowest BCUT2D eigenvalue weighted by atomic mass is 10.1. The SMILES string of the molecule is Cc1cccc2nc3scc(C)n3c(=O)c12. The topological polar surface area (TPSA) is 34.4 Å². The molecule has 0 amide bonds. The van der Waals surface area contributed by atoms with E-state index < -0.39 is 0 Å². The van der Waals surface area contributed by atoms with E-state index in [9.17, 15) is 4.79 Å². The second-order valence-electron chi connectivity index (χ2n) is 3.88. The number of thiazole rings is 1. The van der Waals surface area contributed by atoms with Gasteiger partial charge in [-0.2, -0.15) is 0 Å². The molecule has 0 saturated heterocycles. The molecule has 0 atom stereocenters. The first kappa shape index (κ1) is 9.54. The van der Waals surface area contributed by atoms with Crippen LogP contribution in [0.1, 0.15) is 11.3 Å². The van der Waals surface area contributed by atoms with Gasteiger partial charge in [0.1, 0.15) is 0 Å². The van der Waals surface area contributed by atoms with Gasteiger partial charge in [-0.3, -0.25) is 9.20 Å². The summed E-state index contributed by atoms with van der Waals surface area (Å²) in [6.07, 6.45) is 0. The molecular formula is C12H10N2OS. The molecule has 0 N–H and O–H groups in total. The van der Waals surface area contributed by atoms with Crippen LogP contribution in [-0.4, -0.2) is 9.38 Å². The maximum absolute atomic E-state index is 12.3. The molecule has 0 aliphatic rings. The van der Waals surface area contributed by atoms with Crippen LogP contribution in [0.15, 0.2) is 28.4 Å². The highest BCUT2D eigenvalue weighted by molar-refractivity contribution is 7.15. The van der Waals surface area contributed by atoms with Crippen LogP contribution in [0.25, 0.3) is 15.9 Å². The summed E-state index contributed by atoms with van der Waals surface area (Å²) in [5.41, 5.74) is 2.75. The molecule has 2 heterocycles. The van der Waals surface area contributed by atoms with Crippen LogP contribution in [0, 0.1) is 13.8 Å². The van der Waals surface area contributed by atoms with E-state index in [-0.39, 0.29) is 5.56 Å². The van der Waals surface area contributed by atoms with Crippen LogP contribution in [0.4, 0.5) is 0 Å². The van der Waals surface area contributed by atoms with E-state index >= 15 is 0 Å². The zero-order valence-corrected chi connectivity index (χ0v) is 9.84. The third kappa shape index (κ3) is 1.13. The molecule has 3 aromatic rings. The monoisotopic (exact) mass is 230 g/mol. The highest BCUT2D eigenvalue weighted by Crippen LogP contribution is 2.17. The molecule has 3 nitrogen and oxygen atoms in total. The minimum Gasteiger partial charge on any atom is -0.268 e. The molecule has 0 unspecified atom stereocenters. The first-order valence-electron chi connectivity index (χ1n) is 5.04. The smallest absolute Gasteiger partial charge is 0.266 e. The zero-order valence-electron chi connectivity index (χ0n) is 9.02. The Kier molecular flexibility index (Phi) is 1.88. The molecule has 3 rings (SSSR count). The summed E-state index contributed by atoms with van der Waals surface area (Å²) < 4.78 is 1.68. The third-order valence-corrected chi connectivity index (χ3v) is 3.71. The molecular weight excluding hydrogens is 220 g/mol. The predicted octanol–water partition coefficient (Wildman–Crippen LogP) is 2.53. The summed E-state index contributed by atoms with van der Waals surface area (Å²) in [4.78, 5) is 17.6. The van der Waals surface area contributed by atoms with E-state index in [1.807, 2.05) is 37.4 Å². The van der Waals surface area contributed by atoms with Crippen molar-refractivity contribution in [1.82, 2.24) is 9.38 Å². The van der Waals surface area contributed by atoms with Crippen LogP contribution in [0.5, 0.6) is 0 Å². The average Bonchev–Trinajstić information content (AvgIpc) is 2.60. The van der Waals surface area contributed by atoms with E-state index in [0.29, 0.717) is 0 Å². The largest absolute Gasteiger partial charge is 0.268 e. The lowest BCUT2D eigenvalue weighted by molar-refractivity contribution is 1.05. The van der Waals surface area contributed by atoms with Gasteiger partial charge in [0.25, 0.3) is 5.56 Å². The summed E-state index contributed by atoms with van der Waals surface area (Å²) in [6.45, 7) is 3.87. The van der Waals surface area contributed by atoms with Crippen molar-refractivity contribution in [2.24, 2.45) is 0 Å². The molecule has 0 bridgehead atoms. The van der Waals surface area contributed by atoms with Gasteiger partial charge in [-0.25, -0.2) is 4.98 Å². The highest BCUT2D eigenvalue weighted by Gasteiger charge is 2.09. The lowest BCUT2D eigenvalue weighted by Gasteiger charge is -2.02. The average molecular weight is 230 g/mol. The lowest BCUT2D eigenvalue weighted by Crippen LogP contribution is -2.15. The van der Waals surface area contributed by atoms with E-state index in [2.05, 4.69) is 4.98 Å². The quantitative estimate of drug-likeness (QED) is 0.594. The molecule has 0 aliphatic carbocycles. The van der Waals surface area contributed by atoms with Crippen molar-refractivity contribution in [2.45, 2.75) is 13.8 Å². The zero-order chi connectivity index (χ0) is 11.3. The number of rotatable bonds is 0. The van der Waals surface area contributed by atoms with Crippen LogP contribution >= 0.6 is 11.3 Å². The summed E-state index contributed by atoms with van der Waals surface area (Å²) in [6, 6.07) is 5.76. The van der Waals surface area contributed by atoms with Crippen molar-refractivity contribution in [3.8, 4) is 0 Å². The molecule has 16 heavy (non-hydrogen) atoms. The first-order chi connectivity index (χ1) is 7.68. The van der Waals surface area contributed by atoms with E-state index in [1.54, 1.807) is 4.40 Å². The van der Waals surface area contributed by atoms with E-state index in [1.165, 1.54) is 11.3 Å². The van der Waals surface area contributed by atoms with Gasteiger partial charge in [-0.05, 0) is 25.5 Å². The van der Waals surface area contributed by atoms with Crippen molar-refractivity contribution < 1.29 is 0 Å². The van der Waals surface area contributed by atoms with Crippen molar-refractivity contribution in [3.63, 3.8) is 0 Å². The van der Waals surface area contributed by atoms with Crippen molar-refractivity contribution in [2.75, 3.05) is 0 Å². The van der Waals surface area contributed by atoms with Crippen LogP contribution in [0.3, 0.4) is 0 Å². The summed E-state index contributed by atoms with van der Waals surface area (Å²) in [7, 11) is 0. The van der Waals surface area contributed by atoms with Crippen molar-refractivity contribution in [1.29, 1.82) is 0 Å². The molecule has 1 aromatic carbocycles.